The lowest BCUT2D eigenvalue weighted by Crippen LogP contribution is -1.91. The van der Waals surface area contributed by atoms with Crippen molar-refractivity contribution in [3.8, 4) is 11.5 Å². The Morgan fingerprint density at radius 3 is 1.95 bits per heavy atom. The van der Waals surface area contributed by atoms with Crippen molar-refractivity contribution >= 4 is 0 Å². The number of aromatic hydroxyl groups is 1. The van der Waals surface area contributed by atoms with Crippen LogP contribution in [0.4, 0.5) is 0 Å². The van der Waals surface area contributed by atoms with Gasteiger partial charge in [0.15, 0.2) is 0 Å². The highest BCUT2D eigenvalue weighted by Crippen LogP contribution is 2.15. The lowest BCUT2D eigenvalue weighted by Gasteiger charge is -2.04. The minimum absolute atomic E-state index is 0.314. The molecule has 2 aromatic carbocycles. The lowest BCUT2D eigenvalue weighted by atomic mass is 10.0. The van der Waals surface area contributed by atoms with E-state index < -0.39 is 0 Å². The molecule has 2 rings (SSSR count). The van der Waals surface area contributed by atoms with Crippen molar-refractivity contribution in [1.82, 2.24) is 0 Å². The van der Waals surface area contributed by atoms with E-state index in [1.54, 1.807) is 18.4 Å². The number of hydrogen-bond donors (Lipinski definition) is 1. The van der Waals surface area contributed by atoms with E-state index in [0.717, 1.165) is 18.6 Å². The molecular formula is C17H18O2. The van der Waals surface area contributed by atoms with Crippen LogP contribution in [0.15, 0.2) is 60.9 Å². The Bertz CT molecular complexity index is 524. The van der Waals surface area contributed by atoms with Crippen LogP contribution in [0.3, 0.4) is 0 Å². The summed E-state index contributed by atoms with van der Waals surface area (Å²) in [6.07, 6.45) is 5.48. The zero-order chi connectivity index (χ0) is 13.5. The molecule has 2 nitrogen and oxygen atoms in total. The first-order valence-electron chi connectivity index (χ1n) is 6.42. The first-order valence-corrected chi connectivity index (χ1v) is 6.42. The molecule has 0 unspecified atom stereocenters. The van der Waals surface area contributed by atoms with E-state index in [1.165, 1.54) is 11.1 Å². The quantitative estimate of drug-likeness (QED) is 0.814. The van der Waals surface area contributed by atoms with Crippen LogP contribution in [0.25, 0.3) is 0 Å². The molecule has 98 valence electrons. The van der Waals surface area contributed by atoms with Gasteiger partial charge in [-0.05, 0) is 55.2 Å². The second kappa shape index (κ2) is 6.64. The Morgan fingerprint density at radius 2 is 1.42 bits per heavy atom. The zero-order valence-electron chi connectivity index (χ0n) is 11.0. The summed E-state index contributed by atoms with van der Waals surface area (Å²) in [5, 5.41) is 9.22. The van der Waals surface area contributed by atoms with E-state index in [0.29, 0.717) is 5.75 Å². The predicted molar refractivity (Wildman–Crippen MR) is 77.4 cm³/mol. The molecule has 0 radical (unpaired) electrons. The van der Waals surface area contributed by atoms with Gasteiger partial charge < -0.3 is 9.84 Å². The number of allylic oxidation sites excluding steroid dienone is 1. The second-order valence-electron chi connectivity index (χ2n) is 4.40. The molecule has 0 spiro atoms. The molecular weight excluding hydrogens is 236 g/mol. The number of aryl methyl sites for hydroxylation is 2. The number of hydrogen-bond acceptors (Lipinski definition) is 2. The van der Waals surface area contributed by atoms with Gasteiger partial charge in [-0.2, -0.15) is 0 Å². The van der Waals surface area contributed by atoms with Crippen LogP contribution in [0, 0.1) is 0 Å². The van der Waals surface area contributed by atoms with E-state index >= 15 is 0 Å². The van der Waals surface area contributed by atoms with Gasteiger partial charge in [-0.3, -0.25) is 0 Å². The second-order valence-corrected chi connectivity index (χ2v) is 4.40. The number of phenolic OH excluding ortho intramolecular Hbond substituents is 1. The molecule has 0 fully saturated rings. The fraction of sp³-hybridized carbons (Fsp3) is 0.176. The molecule has 0 bridgehead atoms. The zero-order valence-corrected chi connectivity index (χ0v) is 11.0. The summed E-state index contributed by atoms with van der Waals surface area (Å²) in [5.74, 6) is 1.17. The standard InChI is InChI=1S/C17H18O2/c1-2-13-19-17-11-7-15(8-12-17)4-3-14-5-9-16(18)10-6-14/h2,5-13,18H,3-4H2,1H3/b13-2+. The summed E-state index contributed by atoms with van der Waals surface area (Å²) < 4.78 is 5.38. The van der Waals surface area contributed by atoms with Crippen molar-refractivity contribution < 1.29 is 9.84 Å². The summed E-state index contributed by atoms with van der Waals surface area (Å²) in [5.41, 5.74) is 2.51. The van der Waals surface area contributed by atoms with Crippen molar-refractivity contribution in [3.05, 3.63) is 72.0 Å². The average molecular weight is 254 g/mol. The fourth-order valence-electron chi connectivity index (χ4n) is 1.83. The average Bonchev–Trinajstić information content (AvgIpc) is 2.46. The Balaban J connectivity index is 1.90. The van der Waals surface area contributed by atoms with E-state index in [9.17, 15) is 5.11 Å². The van der Waals surface area contributed by atoms with Crippen LogP contribution in [0.2, 0.25) is 0 Å². The highest BCUT2D eigenvalue weighted by atomic mass is 16.5. The SMILES string of the molecule is C/C=C/Oc1ccc(CCc2ccc(O)cc2)cc1. The van der Waals surface area contributed by atoms with Gasteiger partial charge in [0.05, 0.1) is 6.26 Å². The largest absolute Gasteiger partial charge is 0.508 e. The smallest absolute Gasteiger partial charge is 0.126 e. The summed E-state index contributed by atoms with van der Waals surface area (Å²) in [7, 11) is 0. The molecule has 0 aliphatic rings. The molecule has 19 heavy (non-hydrogen) atoms. The number of ether oxygens (including phenoxy) is 1. The predicted octanol–water partition coefficient (Wildman–Crippen LogP) is 4.09. The Labute approximate surface area is 114 Å². The van der Waals surface area contributed by atoms with Crippen LogP contribution in [0.1, 0.15) is 18.1 Å². The molecule has 2 aromatic rings. The van der Waals surface area contributed by atoms with Gasteiger partial charge in [0.2, 0.25) is 0 Å². The monoisotopic (exact) mass is 254 g/mol. The van der Waals surface area contributed by atoms with Crippen molar-refractivity contribution in [3.63, 3.8) is 0 Å². The van der Waals surface area contributed by atoms with Gasteiger partial charge in [-0.15, -0.1) is 0 Å². The first kappa shape index (κ1) is 13.2. The lowest BCUT2D eigenvalue weighted by molar-refractivity contribution is 0.475. The van der Waals surface area contributed by atoms with Crippen molar-refractivity contribution in [1.29, 1.82) is 0 Å². The maximum Gasteiger partial charge on any atom is 0.126 e. The fourth-order valence-corrected chi connectivity index (χ4v) is 1.83. The molecule has 0 aliphatic heterocycles. The van der Waals surface area contributed by atoms with Crippen molar-refractivity contribution in [2.24, 2.45) is 0 Å². The first-order chi connectivity index (χ1) is 9.28. The van der Waals surface area contributed by atoms with Gasteiger partial charge in [-0.1, -0.05) is 30.3 Å². The van der Waals surface area contributed by atoms with Gasteiger partial charge >= 0.3 is 0 Å². The van der Waals surface area contributed by atoms with Gasteiger partial charge in [0, 0.05) is 0 Å². The third-order valence-corrected chi connectivity index (χ3v) is 2.90. The molecule has 0 aliphatic carbocycles. The topological polar surface area (TPSA) is 29.5 Å². The van der Waals surface area contributed by atoms with Crippen LogP contribution in [0.5, 0.6) is 11.5 Å². The van der Waals surface area contributed by atoms with Crippen molar-refractivity contribution in [2.45, 2.75) is 19.8 Å². The Morgan fingerprint density at radius 1 is 0.895 bits per heavy atom. The number of rotatable bonds is 5. The maximum atomic E-state index is 9.22. The molecule has 0 amide bonds. The Hall–Kier alpha value is -2.22. The molecule has 1 N–H and O–H groups in total. The summed E-state index contributed by atoms with van der Waals surface area (Å²) in [4.78, 5) is 0. The highest BCUT2D eigenvalue weighted by Gasteiger charge is 1.97. The highest BCUT2D eigenvalue weighted by molar-refractivity contribution is 5.30. The molecule has 0 saturated heterocycles. The summed E-state index contributed by atoms with van der Waals surface area (Å²) in [6.45, 7) is 1.92. The number of phenols is 1. The summed E-state index contributed by atoms with van der Waals surface area (Å²) in [6, 6.07) is 15.5. The van der Waals surface area contributed by atoms with Gasteiger partial charge in [0.1, 0.15) is 11.5 Å². The minimum atomic E-state index is 0.314. The van der Waals surface area contributed by atoms with E-state index in [4.69, 9.17) is 4.74 Å². The molecule has 0 atom stereocenters. The van der Waals surface area contributed by atoms with Crippen LogP contribution in [-0.2, 0) is 12.8 Å². The molecule has 2 heteroatoms. The third kappa shape index (κ3) is 4.18. The minimum Gasteiger partial charge on any atom is -0.508 e. The van der Waals surface area contributed by atoms with E-state index in [2.05, 4.69) is 12.1 Å². The van der Waals surface area contributed by atoms with Gasteiger partial charge in [0.25, 0.3) is 0 Å². The number of benzene rings is 2. The van der Waals surface area contributed by atoms with Crippen LogP contribution < -0.4 is 4.74 Å². The van der Waals surface area contributed by atoms with Crippen molar-refractivity contribution in [2.75, 3.05) is 0 Å². The summed E-state index contributed by atoms with van der Waals surface area (Å²) >= 11 is 0. The third-order valence-electron chi connectivity index (χ3n) is 2.90. The maximum absolute atomic E-state index is 9.22. The van der Waals surface area contributed by atoms with Crippen LogP contribution >= 0.6 is 0 Å². The molecule has 0 heterocycles. The van der Waals surface area contributed by atoms with E-state index in [1.807, 2.05) is 37.3 Å². The molecule has 0 aromatic heterocycles. The Kier molecular flexibility index (Phi) is 4.62. The van der Waals surface area contributed by atoms with E-state index in [-0.39, 0.29) is 0 Å². The van der Waals surface area contributed by atoms with Crippen LogP contribution in [-0.4, -0.2) is 5.11 Å². The molecule has 0 saturated carbocycles. The normalized spacial score (nSPS) is 10.8. The van der Waals surface area contributed by atoms with Gasteiger partial charge in [-0.25, -0.2) is 0 Å².